The van der Waals surface area contributed by atoms with E-state index in [1.54, 1.807) is 18.2 Å². The summed E-state index contributed by atoms with van der Waals surface area (Å²) in [5.41, 5.74) is 3.12. The van der Waals surface area contributed by atoms with E-state index < -0.39 is 0 Å². The number of hydrogen-bond acceptors (Lipinski definition) is 1. The van der Waals surface area contributed by atoms with Crippen molar-refractivity contribution in [3.05, 3.63) is 52.0 Å². The molecule has 0 spiro atoms. The second kappa shape index (κ2) is 8.77. The van der Waals surface area contributed by atoms with Crippen molar-refractivity contribution < 1.29 is 4.79 Å². The van der Waals surface area contributed by atoms with Crippen LogP contribution in [0.5, 0.6) is 0 Å². The molecule has 0 saturated heterocycles. The quantitative estimate of drug-likeness (QED) is 0.577. The van der Waals surface area contributed by atoms with Crippen LogP contribution >= 0.6 is 23.2 Å². The maximum atomic E-state index is 12.7. The first-order chi connectivity index (χ1) is 11.8. The Kier molecular flexibility index (Phi) is 6.97. The van der Waals surface area contributed by atoms with E-state index in [1.807, 2.05) is 18.7 Å². The fourth-order valence-electron chi connectivity index (χ4n) is 2.97. The summed E-state index contributed by atoms with van der Waals surface area (Å²) in [6.45, 7) is 10.8. The fraction of sp³-hybridized carbons (Fsp3) is 0.450. The van der Waals surface area contributed by atoms with Gasteiger partial charge in [-0.2, -0.15) is 0 Å². The largest absolute Gasteiger partial charge is 0.322 e. The normalized spacial score (nSPS) is 17.2. The molecule has 1 N–H and O–H groups in total. The van der Waals surface area contributed by atoms with Gasteiger partial charge in [0.1, 0.15) is 0 Å². The lowest BCUT2D eigenvalue weighted by molar-refractivity contribution is 0.201. The number of allylic oxidation sites excluding steroid dienone is 2. The van der Waals surface area contributed by atoms with Gasteiger partial charge >= 0.3 is 6.03 Å². The molecule has 1 atom stereocenters. The summed E-state index contributed by atoms with van der Waals surface area (Å²) >= 11 is 12.1. The Hall–Kier alpha value is -1.45. The maximum Gasteiger partial charge on any atom is 0.322 e. The lowest BCUT2D eigenvalue weighted by atomic mass is 9.85. The molecular weight excluding hydrogens is 355 g/mol. The molecule has 1 aromatic carbocycles. The Morgan fingerprint density at radius 2 is 2.12 bits per heavy atom. The zero-order valence-corrected chi connectivity index (χ0v) is 16.6. The third-order valence-corrected chi connectivity index (χ3v) is 5.18. The van der Waals surface area contributed by atoms with Gasteiger partial charge in [-0.3, -0.25) is 0 Å². The van der Waals surface area contributed by atoms with Gasteiger partial charge in [-0.15, -0.1) is 0 Å². The fourth-order valence-corrected chi connectivity index (χ4v) is 3.42. The molecule has 3 nitrogen and oxygen atoms in total. The summed E-state index contributed by atoms with van der Waals surface area (Å²) in [7, 11) is 0. The minimum Gasteiger partial charge on any atom is -0.318 e. The summed E-state index contributed by atoms with van der Waals surface area (Å²) in [5, 5.41) is 3.87. The molecule has 1 aliphatic carbocycles. The van der Waals surface area contributed by atoms with Crippen LogP contribution in [0.25, 0.3) is 0 Å². The van der Waals surface area contributed by atoms with Crippen LogP contribution in [0, 0.1) is 5.92 Å². The lowest BCUT2D eigenvalue weighted by Gasteiger charge is -2.30. The molecule has 25 heavy (non-hydrogen) atoms. The monoisotopic (exact) mass is 380 g/mol. The van der Waals surface area contributed by atoms with Gasteiger partial charge in [-0.05, 0) is 64.2 Å². The summed E-state index contributed by atoms with van der Waals surface area (Å²) in [6, 6.07) is 5.00. The Balaban J connectivity index is 2.05. The maximum absolute atomic E-state index is 12.7. The van der Waals surface area contributed by atoms with Crippen molar-refractivity contribution in [1.29, 1.82) is 0 Å². The minimum atomic E-state index is -0.151. The highest BCUT2D eigenvalue weighted by Crippen LogP contribution is 2.29. The summed E-state index contributed by atoms with van der Waals surface area (Å²) in [5.74, 6) is 0.568. The van der Waals surface area contributed by atoms with Crippen LogP contribution in [0.2, 0.25) is 10.0 Å². The van der Waals surface area contributed by atoms with Gasteiger partial charge in [0.25, 0.3) is 0 Å². The molecule has 2 rings (SSSR count). The average Bonchev–Trinajstić information content (AvgIpc) is 2.55. The molecule has 0 aliphatic heterocycles. The van der Waals surface area contributed by atoms with Gasteiger partial charge in [0.15, 0.2) is 0 Å². The molecule has 5 heteroatoms. The predicted molar refractivity (Wildman–Crippen MR) is 108 cm³/mol. The SMILES string of the molecule is C=C(C)C1CC=C(CN(C(=O)Nc2ccc(Cl)cc2Cl)C(C)C)CC1. The van der Waals surface area contributed by atoms with Crippen LogP contribution in [0.15, 0.2) is 42.0 Å². The Labute approximate surface area is 160 Å². The van der Waals surface area contributed by atoms with Crippen molar-refractivity contribution in [2.45, 2.75) is 46.1 Å². The van der Waals surface area contributed by atoms with E-state index >= 15 is 0 Å². The number of urea groups is 1. The number of anilines is 1. The summed E-state index contributed by atoms with van der Waals surface area (Å²) in [4.78, 5) is 14.6. The van der Waals surface area contributed by atoms with Crippen LogP contribution in [0.1, 0.15) is 40.0 Å². The predicted octanol–water partition coefficient (Wildman–Crippen LogP) is 6.54. The van der Waals surface area contributed by atoms with Gasteiger partial charge in [0.05, 0.1) is 10.7 Å². The van der Waals surface area contributed by atoms with Gasteiger partial charge in [-0.25, -0.2) is 4.79 Å². The molecule has 2 amide bonds. The van der Waals surface area contributed by atoms with Crippen molar-refractivity contribution in [1.82, 2.24) is 4.90 Å². The topological polar surface area (TPSA) is 32.3 Å². The van der Waals surface area contributed by atoms with Gasteiger partial charge < -0.3 is 10.2 Å². The van der Waals surface area contributed by atoms with Crippen LogP contribution in [0.3, 0.4) is 0 Å². The Morgan fingerprint density at radius 1 is 1.40 bits per heavy atom. The zero-order valence-electron chi connectivity index (χ0n) is 15.1. The van der Waals surface area contributed by atoms with Crippen molar-refractivity contribution >= 4 is 34.9 Å². The van der Waals surface area contributed by atoms with E-state index in [9.17, 15) is 4.79 Å². The summed E-state index contributed by atoms with van der Waals surface area (Å²) < 4.78 is 0. The first-order valence-electron chi connectivity index (χ1n) is 8.64. The molecular formula is C20H26Cl2N2O. The Morgan fingerprint density at radius 3 is 2.64 bits per heavy atom. The molecule has 1 aromatic rings. The highest BCUT2D eigenvalue weighted by molar-refractivity contribution is 6.36. The number of halogens is 2. The molecule has 0 radical (unpaired) electrons. The van der Waals surface area contributed by atoms with E-state index in [0.29, 0.717) is 28.2 Å². The Bertz CT molecular complexity index is 682. The summed E-state index contributed by atoms with van der Waals surface area (Å²) in [6.07, 6.45) is 5.40. The number of carbonyl (C=O) groups excluding carboxylic acids is 1. The smallest absolute Gasteiger partial charge is 0.318 e. The van der Waals surface area contributed by atoms with Gasteiger partial charge in [0.2, 0.25) is 0 Å². The van der Waals surface area contributed by atoms with Crippen LogP contribution in [0.4, 0.5) is 10.5 Å². The molecule has 0 saturated carbocycles. The van der Waals surface area contributed by atoms with Crippen molar-refractivity contribution in [3.63, 3.8) is 0 Å². The second-order valence-corrected chi connectivity index (χ2v) is 7.80. The molecule has 0 aromatic heterocycles. The van der Waals surface area contributed by atoms with Crippen molar-refractivity contribution in [2.24, 2.45) is 5.92 Å². The highest BCUT2D eigenvalue weighted by atomic mass is 35.5. The van der Waals surface area contributed by atoms with Crippen LogP contribution in [-0.2, 0) is 0 Å². The van der Waals surface area contributed by atoms with E-state index in [-0.39, 0.29) is 12.1 Å². The van der Waals surface area contributed by atoms with Crippen molar-refractivity contribution in [3.8, 4) is 0 Å². The number of benzene rings is 1. The van der Waals surface area contributed by atoms with Crippen LogP contribution < -0.4 is 5.32 Å². The lowest BCUT2D eigenvalue weighted by Crippen LogP contribution is -2.41. The standard InChI is InChI=1S/C20H26Cl2N2O/c1-13(2)16-7-5-15(6-8-16)12-24(14(3)4)20(25)23-19-10-9-17(21)11-18(19)22/h5,9-11,14,16H,1,6-8,12H2,2-4H3,(H,23,25). The molecule has 0 fully saturated rings. The van der Waals surface area contributed by atoms with E-state index in [2.05, 4.69) is 24.9 Å². The number of hydrogen-bond donors (Lipinski definition) is 1. The van der Waals surface area contributed by atoms with Gasteiger partial charge in [0, 0.05) is 17.6 Å². The number of carbonyl (C=O) groups is 1. The first-order valence-corrected chi connectivity index (χ1v) is 9.39. The highest BCUT2D eigenvalue weighted by Gasteiger charge is 2.22. The molecule has 0 bridgehead atoms. The third kappa shape index (κ3) is 5.52. The van der Waals surface area contributed by atoms with Gasteiger partial charge in [-0.1, -0.05) is 47.0 Å². The number of amides is 2. The van der Waals surface area contributed by atoms with Crippen molar-refractivity contribution in [2.75, 3.05) is 11.9 Å². The van der Waals surface area contributed by atoms with Crippen LogP contribution in [-0.4, -0.2) is 23.5 Å². The van der Waals surface area contributed by atoms with E-state index in [1.165, 1.54) is 11.1 Å². The average molecular weight is 381 g/mol. The molecule has 136 valence electrons. The number of nitrogens with one attached hydrogen (secondary N) is 1. The van der Waals surface area contributed by atoms with E-state index in [4.69, 9.17) is 23.2 Å². The first kappa shape index (κ1) is 19.9. The number of rotatable bonds is 5. The minimum absolute atomic E-state index is 0.0887. The third-order valence-electron chi connectivity index (χ3n) is 4.63. The second-order valence-electron chi connectivity index (χ2n) is 6.96. The van der Waals surface area contributed by atoms with E-state index in [0.717, 1.165) is 19.3 Å². The molecule has 1 unspecified atom stereocenters. The molecule has 0 heterocycles. The molecule has 1 aliphatic rings. The number of nitrogens with zero attached hydrogens (tertiary/aromatic N) is 1. The zero-order chi connectivity index (χ0) is 18.6.